The van der Waals surface area contributed by atoms with Crippen molar-refractivity contribution in [3.05, 3.63) is 40.2 Å². The van der Waals surface area contributed by atoms with E-state index in [0.29, 0.717) is 18.6 Å². The third kappa shape index (κ3) is 3.32. The Balaban J connectivity index is 2.86. The van der Waals surface area contributed by atoms with Gasteiger partial charge >= 0.3 is 5.97 Å². The molecule has 0 fully saturated rings. The zero-order valence-electron chi connectivity index (χ0n) is 14.7. The predicted molar refractivity (Wildman–Crippen MR) is 95.7 cm³/mol. The third-order valence-corrected chi connectivity index (χ3v) is 6.18. The van der Waals surface area contributed by atoms with E-state index in [1.807, 2.05) is 13.8 Å². The van der Waals surface area contributed by atoms with Crippen LogP contribution in [0, 0.1) is 0 Å². The molecule has 0 amide bonds. The molecule has 0 saturated carbocycles. The van der Waals surface area contributed by atoms with Gasteiger partial charge in [-0.15, -0.1) is 0 Å². The van der Waals surface area contributed by atoms with Gasteiger partial charge < -0.3 is 9.67 Å². The number of sulfonamides is 1. The Morgan fingerprint density at radius 3 is 2.32 bits per heavy atom. The fourth-order valence-electron chi connectivity index (χ4n) is 2.79. The lowest BCUT2D eigenvalue weighted by molar-refractivity contribution is 0.0694. The normalized spacial score (nSPS) is 12.2. The average molecular weight is 366 g/mol. The third-order valence-electron chi connectivity index (χ3n) is 4.13. The molecule has 8 heteroatoms. The van der Waals surface area contributed by atoms with Gasteiger partial charge in [0.25, 0.3) is 0 Å². The van der Waals surface area contributed by atoms with Gasteiger partial charge in [0.2, 0.25) is 15.5 Å². The van der Waals surface area contributed by atoms with Crippen LogP contribution in [0.5, 0.6) is 0 Å². The fraction of sp³-hybridized carbons (Fsp3) is 0.412. The maximum atomic E-state index is 12.7. The standard InChI is InChI=1S/C17H22N2O5S/c1-5-18(6-2)25(23,24)12-7-8-15-13(9-12)16(20)14(17(21)22)10-19(15)11(3)4/h7-11H,5-6H2,1-4H3,(H,21,22). The molecule has 0 unspecified atom stereocenters. The molecule has 25 heavy (non-hydrogen) atoms. The molecule has 136 valence electrons. The van der Waals surface area contributed by atoms with E-state index >= 15 is 0 Å². The van der Waals surface area contributed by atoms with Crippen molar-refractivity contribution < 1.29 is 18.3 Å². The molecule has 0 radical (unpaired) electrons. The van der Waals surface area contributed by atoms with Crippen LogP contribution in [-0.4, -0.2) is 41.5 Å². The summed E-state index contributed by atoms with van der Waals surface area (Å²) in [6, 6.07) is 4.19. The first-order valence-corrected chi connectivity index (χ1v) is 9.51. The van der Waals surface area contributed by atoms with Crippen molar-refractivity contribution in [3.63, 3.8) is 0 Å². The minimum absolute atomic E-state index is 0.0151. The molecule has 2 aromatic rings. The summed E-state index contributed by atoms with van der Waals surface area (Å²) in [5.41, 5.74) is -0.557. The van der Waals surface area contributed by atoms with Crippen molar-refractivity contribution >= 4 is 26.9 Å². The number of nitrogens with zero attached hydrogens (tertiary/aromatic N) is 2. The van der Waals surface area contributed by atoms with Gasteiger partial charge in [0.15, 0.2) is 0 Å². The first kappa shape index (κ1) is 19.1. The van der Waals surface area contributed by atoms with Gasteiger partial charge in [-0.1, -0.05) is 13.8 Å². The smallest absolute Gasteiger partial charge is 0.341 e. The SMILES string of the molecule is CCN(CC)S(=O)(=O)c1ccc2c(c1)c(=O)c(C(=O)O)cn2C(C)C. The van der Waals surface area contributed by atoms with Crippen molar-refractivity contribution in [1.82, 2.24) is 8.87 Å². The van der Waals surface area contributed by atoms with Crippen molar-refractivity contribution in [2.75, 3.05) is 13.1 Å². The lowest BCUT2D eigenvalue weighted by atomic mass is 10.1. The molecule has 0 saturated heterocycles. The van der Waals surface area contributed by atoms with Crippen LogP contribution >= 0.6 is 0 Å². The van der Waals surface area contributed by atoms with Crippen LogP contribution in [0.3, 0.4) is 0 Å². The molecule has 1 heterocycles. The number of carbonyl (C=O) groups is 1. The van der Waals surface area contributed by atoms with Gasteiger partial charge in [-0.05, 0) is 32.0 Å². The summed E-state index contributed by atoms with van der Waals surface area (Å²) < 4.78 is 28.3. The largest absolute Gasteiger partial charge is 0.477 e. The minimum Gasteiger partial charge on any atom is -0.477 e. The predicted octanol–water partition coefficient (Wildman–Crippen LogP) is 2.31. The summed E-state index contributed by atoms with van der Waals surface area (Å²) in [5, 5.41) is 9.37. The number of benzene rings is 1. The van der Waals surface area contributed by atoms with Crippen LogP contribution in [-0.2, 0) is 10.0 Å². The van der Waals surface area contributed by atoms with E-state index in [0.717, 1.165) is 0 Å². The fourth-order valence-corrected chi connectivity index (χ4v) is 4.27. The molecule has 0 bridgehead atoms. The molecule has 7 nitrogen and oxygen atoms in total. The van der Waals surface area contributed by atoms with Crippen LogP contribution in [0.4, 0.5) is 0 Å². The summed E-state index contributed by atoms with van der Waals surface area (Å²) in [7, 11) is -3.74. The van der Waals surface area contributed by atoms with E-state index in [1.165, 1.54) is 22.6 Å². The van der Waals surface area contributed by atoms with E-state index in [-0.39, 0.29) is 21.9 Å². The van der Waals surface area contributed by atoms with Crippen molar-refractivity contribution in [2.45, 2.75) is 38.6 Å². The van der Waals surface area contributed by atoms with E-state index in [9.17, 15) is 23.1 Å². The molecule has 1 aromatic heterocycles. The molecule has 0 aliphatic heterocycles. The number of fused-ring (bicyclic) bond motifs is 1. The number of carboxylic acids is 1. The maximum absolute atomic E-state index is 12.7. The molecular weight excluding hydrogens is 344 g/mol. The Morgan fingerprint density at radius 2 is 1.84 bits per heavy atom. The van der Waals surface area contributed by atoms with Gasteiger partial charge in [0, 0.05) is 30.7 Å². The molecule has 0 aliphatic carbocycles. The molecule has 0 spiro atoms. The molecule has 2 rings (SSSR count). The van der Waals surface area contributed by atoms with Gasteiger partial charge in [0.05, 0.1) is 10.4 Å². The Hall–Kier alpha value is -2.19. The summed E-state index contributed by atoms with van der Waals surface area (Å²) in [6.45, 7) is 7.80. The van der Waals surface area contributed by atoms with Crippen LogP contribution in [0.1, 0.15) is 44.1 Å². The minimum atomic E-state index is -3.74. The molecule has 0 aliphatic rings. The molecule has 1 aromatic carbocycles. The number of aromatic carboxylic acids is 1. The second-order valence-corrected chi connectivity index (χ2v) is 7.88. The quantitative estimate of drug-likeness (QED) is 0.846. The van der Waals surface area contributed by atoms with E-state index < -0.39 is 21.4 Å². The van der Waals surface area contributed by atoms with E-state index in [4.69, 9.17) is 0 Å². The van der Waals surface area contributed by atoms with E-state index in [2.05, 4.69) is 0 Å². The van der Waals surface area contributed by atoms with Crippen LogP contribution in [0.15, 0.2) is 34.1 Å². The highest BCUT2D eigenvalue weighted by Crippen LogP contribution is 2.23. The van der Waals surface area contributed by atoms with Crippen molar-refractivity contribution in [2.24, 2.45) is 0 Å². The van der Waals surface area contributed by atoms with Crippen molar-refractivity contribution in [1.29, 1.82) is 0 Å². The number of pyridine rings is 1. The second kappa shape index (κ2) is 6.97. The Morgan fingerprint density at radius 1 is 1.24 bits per heavy atom. The number of aromatic nitrogens is 1. The summed E-state index contributed by atoms with van der Waals surface area (Å²) >= 11 is 0. The summed E-state index contributed by atoms with van der Waals surface area (Å²) in [6.07, 6.45) is 1.30. The van der Waals surface area contributed by atoms with Crippen LogP contribution in [0.2, 0.25) is 0 Å². The number of hydrogen-bond acceptors (Lipinski definition) is 4. The second-order valence-electron chi connectivity index (χ2n) is 5.95. The van der Waals surface area contributed by atoms with E-state index in [1.54, 1.807) is 24.5 Å². The van der Waals surface area contributed by atoms with Gasteiger partial charge in [-0.2, -0.15) is 4.31 Å². The van der Waals surface area contributed by atoms with Crippen LogP contribution in [0.25, 0.3) is 10.9 Å². The number of hydrogen-bond donors (Lipinski definition) is 1. The highest BCUT2D eigenvalue weighted by atomic mass is 32.2. The molecule has 1 N–H and O–H groups in total. The highest BCUT2D eigenvalue weighted by molar-refractivity contribution is 7.89. The lowest BCUT2D eigenvalue weighted by Gasteiger charge is -2.20. The summed E-state index contributed by atoms with van der Waals surface area (Å²) in [5.74, 6) is -1.33. The monoisotopic (exact) mass is 366 g/mol. The maximum Gasteiger partial charge on any atom is 0.341 e. The first-order chi connectivity index (χ1) is 11.6. The van der Waals surface area contributed by atoms with Gasteiger partial charge in [-0.3, -0.25) is 4.79 Å². The van der Waals surface area contributed by atoms with Gasteiger partial charge in [-0.25, -0.2) is 13.2 Å². The number of carboxylic acid groups (broad SMARTS) is 1. The Bertz CT molecular complexity index is 972. The highest BCUT2D eigenvalue weighted by Gasteiger charge is 2.23. The molecule has 0 atom stereocenters. The van der Waals surface area contributed by atoms with Crippen molar-refractivity contribution in [3.8, 4) is 0 Å². The molecular formula is C17H22N2O5S. The first-order valence-electron chi connectivity index (χ1n) is 8.07. The Kier molecular flexibility index (Phi) is 5.34. The van der Waals surface area contributed by atoms with Gasteiger partial charge in [0.1, 0.15) is 5.56 Å². The zero-order chi connectivity index (χ0) is 18.9. The average Bonchev–Trinajstić information content (AvgIpc) is 2.55. The van der Waals surface area contributed by atoms with Crippen LogP contribution < -0.4 is 5.43 Å². The number of rotatable bonds is 6. The summed E-state index contributed by atoms with van der Waals surface area (Å²) in [4.78, 5) is 23.9. The topological polar surface area (TPSA) is 96.7 Å². The zero-order valence-corrected chi connectivity index (χ0v) is 15.5. The Labute approximate surface area is 146 Å². The lowest BCUT2D eigenvalue weighted by Crippen LogP contribution is -2.30.